The average Bonchev–Trinajstić information content (AvgIpc) is 3.33. The fourth-order valence-corrected chi connectivity index (χ4v) is 5.04. The van der Waals surface area contributed by atoms with Crippen molar-refractivity contribution in [1.29, 1.82) is 0 Å². The van der Waals surface area contributed by atoms with Gasteiger partial charge in [-0.3, -0.25) is 0 Å². The van der Waals surface area contributed by atoms with E-state index < -0.39 is 6.04 Å². The zero-order chi connectivity index (χ0) is 26.5. The highest BCUT2D eigenvalue weighted by molar-refractivity contribution is 7.98. The van der Waals surface area contributed by atoms with E-state index in [-0.39, 0.29) is 12.1 Å². The molecule has 0 saturated heterocycles. The molecule has 0 fully saturated rings. The third-order valence-corrected chi connectivity index (χ3v) is 6.96. The first-order valence-electron chi connectivity index (χ1n) is 12.6. The average molecular weight is 527 g/mol. The maximum absolute atomic E-state index is 13.2. The molecule has 1 N–H and O–H groups in total. The summed E-state index contributed by atoms with van der Waals surface area (Å²) in [6.07, 6.45) is -0.244. The Hall–Kier alpha value is -4.04. The number of allylic oxidation sites excluding steroid dienone is 1. The van der Waals surface area contributed by atoms with Crippen LogP contribution in [0.4, 0.5) is 5.95 Å². The van der Waals surface area contributed by atoms with Gasteiger partial charge in [-0.05, 0) is 49.6 Å². The Morgan fingerprint density at radius 1 is 0.974 bits per heavy atom. The number of thioether (sulfide) groups is 1. The van der Waals surface area contributed by atoms with Crippen LogP contribution in [0.3, 0.4) is 0 Å². The number of carbonyl (C=O) groups is 1. The lowest BCUT2D eigenvalue weighted by Gasteiger charge is -2.28. The van der Waals surface area contributed by atoms with Crippen molar-refractivity contribution in [2.75, 3.05) is 5.32 Å². The molecule has 7 nitrogen and oxygen atoms in total. The van der Waals surface area contributed by atoms with Crippen molar-refractivity contribution in [3.63, 3.8) is 0 Å². The summed E-state index contributed by atoms with van der Waals surface area (Å²) >= 11 is 1.55. The van der Waals surface area contributed by atoms with E-state index in [0.29, 0.717) is 29.0 Å². The summed E-state index contributed by atoms with van der Waals surface area (Å²) in [7, 11) is 0. The van der Waals surface area contributed by atoms with Crippen molar-refractivity contribution in [2.24, 2.45) is 0 Å². The minimum absolute atomic E-state index is 0.244. The van der Waals surface area contributed by atoms with E-state index in [2.05, 4.69) is 17.4 Å². The first-order valence-corrected chi connectivity index (χ1v) is 13.5. The van der Waals surface area contributed by atoms with Crippen molar-refractivity contribution in [2.45, 2.75) is 50.4 Å². The Labute approximate surface area is 226 Å². The molecule has 1 unspecified atom stereocenters. The SMILES string of the molecule is CC1=C(C(=O)OC(C)C)C(c2ccc(OCc3ccccc3)cc2)n2nc(SCc3ccccc3)nc2N1. The molecule has 2 heterocycles. The van der Waals surface area contributed by atoms with Crippen molar-refractivity contribution in [3.8, 4) is 5.75 Å². The molecule has 0 bridgehead atoms. The third-order valence-electron chi connectivity index (χ3n) is 6.05. The maximum Gasteiger partial charge on any atom is 0.338 e. The van der Waals surface area contributed by atoms with Crippen molar-refractivity contribution < 1.29 is 14.3 Å². The normalized spacial score (nSPS) is 14.7. The zero-order valence-electron chi connectivity index (χ0n) is 21.6. The molecule has 38 heavy (non-hydrogen) atoms. The van der Waals surface area contributed by atoms with E-state index >= 15 is 0 Å². The molecule has 8 heteroatoms. The molecular weight excluding hydrogens is 496 g/mol. The van der Waals surface area contributed by atoms with E-state index in [4.69, 9.17) is 19.6 Å². The molecule has 0 saturated carbocycles. The van der Waals surface area contributed by atoms with Crippen LogP contribution in [-0.2, 0) is 21.9 Å². The summed E-state index contributed by atoms with van der Waals surface area (Å²) in [5.41, 5.74) is 4.38. The second kappa shape index (κ2) is 11.6. The molecule has 194 valence electrons. The number of ether oxygens (including phenoxy) is 2. The van der Waals surface area contributed by atoms with Crippen LogP contribution in [0, 0.1) is 0 Å². The molecule has 0 aliphatic carbocycles. The van der Waals surface area contributed by atoms with Gasteiger partial charge in [-0.1, -0.05) is 84.6 Å². The van der Waals surface area contributed by atoms with Gasteiger partial charge in [0.15, 0.2) is 0 Å². The van der Waals surface area contributed by atoms with E-state index in [1.165, 1.54) is 5.56 Å². The Kier molecular flexibility index (Phi) is 7.79. The smallest absolute Gasteiger partial charge is 0.338 e. The maximum atomic E-state index is 13.2. The molecule has 5 rings (SSSR count). The zero-order valence-corrected chi connectivity index (χ0v) is 22.4. The Morgan fingerprint density at radius 3 is 2.29 bits per heavy atom. The predicted octanol–water partition coefficient (Wildman–Crippen LogP) is 6.39. The van der Waals surface area contributed by atoms with Crippen molar-refractivity contribution in [3.05, 3.63) is 113 Å². The van der Waals surface area contributed by atoms with Gasteiger partial charge in [-0.15, -0.1) is 5.10 Å². The quantitative estimate of drug-likeness (QED) is 0.200. The van der Waals surface area contributed by atoms with Crippen LogP contribution in [0.15, 0.2) is 101 Å². The van der Waals surface area contributed by atoms with Crippen LogP contribution >= 0.6 is 11.8 Å². The number of fused-ring (bicyclic) bond motifs is 1. The summed E-state index contributed by atoms with van der Waals surface area (Å²) in [6.45, 7) is 6.04. The standard InChI is InChI=1S/C30H30N4O3S/c1-20(2)37-28(35)26-21(3)31-29-32-30(38-19-23-12-8-5-9-13-23)33-34(29)27(26)24-14-16-25(17-15-24)36-18-22-10-6-4-7-11-22/h4-17,20,27H,18-19H2,1-3H3,(H,31,32,33). The number of nitrogens with one attached hydrogen (secondary N) is 1. The number of rotatable bonds is 9. The molecule has 0 spiro atoms. The number of anilines is 1. The lowest BCUT2D eigenvalue weighted by atomic mass is 9.95. The Balaban J connectivity index is 1.42. The Morgan fingerprint density at radius 2 is 1.63 bits per heavy atom. The fraction of sp³-hybridized carbons (Fsp3) is 0.233. The number of nitrogens with zero attached hydrogens (tertiary/aromatic N) is 3. The van der Waals surface area contributed by atoms with Gasteiger partial charge in [0.1, 0.15) is 18.4 Å². The number of carbonyl (C=O) groups excluding carboxylic acids is 1. The lowest BCUT2D eigenvalue weighted by Crippen LogP contribution is -2.30. The van der Waals surface area contributed by atoms with Gasteiger partial charge < -0.3 is 14.8 Å². The number of hydrogen-bond acceptors (Lipinski definition) is 7. The molecule has 1 aliphatic heterocycles. The molecule has 4 aromatic rings. The molecular formula is C30H30N4O3S. The van der Waals surface area contributed by atoms with Crippen molar-refractivity contribution >= 4 is 23.7 Å². The van der Waals surface area contributed by atoms with Crippen LogP contribution in [0.1, 0.15) is 43.5 Å². The van der Waals surface area contributed by atoms with Gasteiger partial charge in [0.2, 0.25) is 11.1 Å². The number of hydrogen-bond donors (Lipinski definition) is 1. The van der Waals surface area contributed by atoms with Gasteiger partial charge >= 0.3 is 5.97 Å². The predicted molar refractivity (Wildman–Crippen MR) is 149 cm³/mol. The minimum Gasteiger partial charge on any atom is -0.489 e. The van der Waals surface area contributed by atoms with Crippen LogP contribution in [0.2, 0.25) is 0 Å². The van der Waals surface area contributed by atoms with Crippen LogP contribution in [0.25, 0.3) is 0 Å². The van der Waals surface area contributed by atoms with Gasteiger partial charge in [-0.25, -0.2) is 9.48 Å². The number of aromatic nitrogens is 3. The summed E-state index contributed by atoms with van der Waals surface area (Å²) < 4.78 is 13.4. The minimum atomic E-state index is -0.487. The van der Waals surface area contributed by atoms with Crippen LogP contribution in [0.5, 0.6) is 5.75 Å². The second-order valence-electron chi connectivity index (χ2n) is 9.30. The number of esters is 1. The third kappa shape index (κ3) is 5.92. The fourth-order valence-electron chi connectivity index (χ4n) is 4.25. The molecule has 3 aromatic carbocycles. The van der Waals surface area contributed by atoms with Gasteiger partial charge in [-0.2, -0.15) is 4.98 Å². The molecule has 0 radical (unpaired) electrons. The van der Waals surface area contributed by atoms with Crippen molar-refractivity contribution in [1.82, 2.24) is 14.8 Å². The highest BCUT2D eigenvalue weighted by Gasteiger charge is 2.35. The summed E-state index contributed by atoms with van der Waals surface area (Å²) in [6, 6.07) is 27.5. The lowest BCUT2D eigenvalue weighted by molar-refractivity contribution is -0.143. The monoisotopic (exact) mass is 526 g/mol. The second-order valence-corrected chi connectivity index (χ2v) is 10.2. The van der Waals surface area contributed by atoms with E-state index in [0.717, 1.165) is 22.6 Å². The number of benzene rings is 3. The van der Waals surface area contributed by atoms with E-state index in [1.807, 2.05) is 93.6 Å². The molecule has 1 aromatic heterocycles. The first-order chi connectivity index (χ1) is 18.5. The summed E-state index contributed by atoms with van der Waals surface area (Å²) in [5.74, 6) is 1.71. The summed E-state index contributed by atoms with van der Waals surface area (Å²) in [5, 5.41) is 8.70. The van der Waals surface area contributed by atoms with Crippen LogP contribution < -0.4 is 10.1 Å². The largest absolute Gasteiger partial charge is 0.489 e. The Bertz CT molecular complexity index is 1420. The van der Waals surface area contributed by atoms with E-state index in [9.17, 15) is 4.79 Å². The first kappa shape index (κ1) is 25.6. The van der Waals surface area contributed by atoms with Crippen LogP contribution in [-0.4, -0.2) is 26.8 Å². The molecule has 1 atom stereocenters. The topological polar surface area (TPSA) is 78.3 Å². The molecule has 1 aliphatic rings. The summed E-state index contributed by atoms with van der Waals surface area (Å²) in [4.78, 5) is 18.0. The van der Waals surface area contributed by atoms with E-state index in [1.54, 1.807) is 16.4 Å². The highest BCUT2D eigenvalue weighted by Crippen LogP contribution is 2.37. The van der Waals surface area contributed by atoms with Gasteiger partial charge in [0, 0.05) is 11.4 Å². The molecule has 0 amide bonds. The highest BCUT2D eigenvalue weighted by atomic mass is 32.2. The van der Waals surface area contributed by atoms with Gasteiger partial charge in [0.05, 0.1) is 11.7 Å². The van der Waals surface area contributed by atoms with Gasteiger partial charge in [0.25, 0.3) is 0 Å².